The first-order valence-corrected chi connectivity index (χ1v) is 7.65. The number of benzene rings is 1. The number of aryl methyl sites for hydroxylation is 1. The van der Waals surface area contributed by atoms with Crippen LogP contribution in [0.2, 0.25) is 0 Å². The highest BCUT2D eigenvalue weighted by molar-refractivity contribution is 6.05. The van der Waals surface area contributed by atoms with Crippen LogP contribution >= 0.6 is 0 Å². The summed E-state index contributed by atoms with van der Waals surface area (Å²) in [5, 5.41) is 3.30. The maximum Gasteiger partial charge on any atom is 0.247 e. The van der Waals surface area contributed by atoms with E-state index in [-0.39, 0.29) is 36.4 Å². The molecule has 0 radical (unpaired) electrons. The van der Waals surface area contributed by atoms with Gasteiger partial charge in [0.15, 0.2) is 0 Å². The average Bonchev–Trinajstić information content (AvgIpc) is 2.72. The van der Waals surface area contributed by atoms with Crippen molar-refractivity contribution in [3.8, 4) is 0 Å². The number of carbonyl (C=O) groups is 2. The lowest BCUT2D eigenvalue weighted by Gasteiger charge is -2.21. The average molecular weight is 288 g/mol. The molecule has 0 spiro atoms. The van der Waals surface area contributed by atoms with Gasteiger partial charge in [0, 0.05) is 12.1 Å². The summed E-state index contributed by atoms with van der Waals surface area (Å²) in [6.45, 7) is 5.81. The van der Waals surface area contributed by atoms with E-state index in [4.69, 9.17) is 0 Å². The molecule has 0 bridgehead atoms. The Morgan fingerprint density at radius 1 is 1.19 bits per heavy atom. The number of likely N-dealkylation sites (tertiary alicyclic amines) is 1. The normalized spacial score (nSPS) is 20.4. The number of carbonyl (C=O) groups excluding carboxylic acids is 2. The van der Waals surface area contributed by atoms with Gasteiger partial charge < -0.3 is 5.32 Å². The number of amides is 2. The van der Waals surface area contributed by atoms with Crippen molar-refractivity contribution in [1.82, 2.24) is 10.2 Å². The number of hydrogen-bond donors (Lipinski definition) is 1. The van der Waals surface area contributed by atoms with Crippen molar-refractivity contribution in [1.29, 1.82) is 0 Å². The van der Waals surface area contributed by atoms with Crippen LogP contribution in [0.4, 0.5) is 0 Å². The van der Waals surface area contributed by atoms with E-state index in [9.17, 15) is 9.59 Å². The van der Waals surface area contributed by atoms with E-state index in [0.717, 1.165) is 12.8 Å². The third-order valence-electron chi connectivity index (χ3n) is 3.89. The zero-order chi connectivity index (χ0) is 15.4. The molecule has 21 heavy (non-hydrogen) atoms. The van der Waals surface area contributed by atoms with Crippen LogP contribution < -0.4 is 5.32 Å². The predicted molar refractivity (Wildman–Crippen MR) is 82.8 cm³/mol. The summed E-state index contributed by atoms with van der Waals surface area (Å²) in [7, 11) is 0. The number of nitrogens with zero attached hydrogens (tertiary/aromatic N) is 1. The highest BCUT2D eigenvalue weighted by atomic mass is 16.2. The van der Waals surface area contributed by atoms with Crippen molar-refractivity contribution in [3.05, 3.63) is 35.9 Å². The molecule has 4 nitrogen and oxygen atoms in total. The Kier molecular flexibility index (Phi) is 5.12. The minimum Gasteiger partial charge on any atom is -0.303 e. The van der Waals surface area contributed by atoms with Gasteiger partial charge in [-0.25, -0.2) is 0 Å². The molecule has 1 aromatic rings. The minimum absolute atomic E-state index is 0.0589. The van der Waals surface area contributed by atoms with Crippen molar-refractivity contribution < 1.29 is 9.59 Å². The molecule has 2 unspecified atom stereocenters. The first-order chi connectivity index (χ1) is 9.99. The molecule has 1 heterocycles. The van der Waals surface area contributed by atoms with E-state index in [1.807, 2.05) is 32.0 Å². The summed E-state index contributed by atoms with van der Waals surface area (Å²) in [5.74, 6) is -0.149. The van der Waals surface area contributed by atoms with E-state index >= 15 is 0 Å². The van der Waals surface area contributed by atoms with Crippen LogP contribution in [0.25, 0.3) is 0 Å². The van der Waals surface area contributed by atoms with E-state index in [2.05, 4.69) is 24.4 Å². The summed E-state index contributed by atoms with van der Waals surface area (Å²) in [6, 6.07) is 10.1. The van der Waals surface area contributed by atoms with Crippen molar-refractivity contribution >= 4 is 11.8 Å². The van der Waals surface area contributed by atoms with E-state index in [1.54, 1.807) is 0 Å². The summed E-state index contributed by atoms with van der Waals surface area (Å²) < 4.78 is 0. The summed E-state index contributed by atoms with van der Waals surface area (Å²) >= 11 is 0. The molecule has 1 N–H and O–H groups in total. The Bertz CT molecular complexity index is 499. The van der Waals surface area contributed by atoms with E-state index < -0.39 is 0 Å². The van der Waals surface area contributed by atoms with Gasteiger partial charge in [0.1, 0.15) is 0 Å². The molecule has 0 aliphatic carbocycles. The van der Waals surface area contributed by atoms with Gasteiger partial charge in [-0.05, 0) is 39.2 Å². The topological polar surface area (TPSA) is 49.4 Å². The number of hydrogen-bond acceptors (Lipinski definition) is 3. The third kappa shape index (κ3) is 3.91. The lowest BCUT2D eigenvalue weighted by Crippen LogP contribution is -2.44. The Labute approximate surface area is 126 Å². The lowest BCUT2D eigenvalue weighted by atomic mass is 10.1. The Morgan fingerprint density at radius 3 is 2.43 bits per heavy atom. The number of rotatable bonds is 6. The molecule has 2 atom stereocenters. The first-order valence-electron chi connectivity index (χ1n) is 7.65. The predicted octanol–water partition coefficient (Wildman–Crippen LogP) is 2.13. The molecular weight excluding hydrogens is 264 g/mol. The molecule has 1 aliphatic rings. The molecule has 2 rings (SSSR count). The maximum absolute atomic E-state index is 12.2. The van der Waals surface area contributed by atoms with Crippen LogP contribution in [-0.4, -0.2) is 34.8 Å². The van der Waals surface area contributed by atoms with Gasteiger partial charge >= 0.3 is 0 Å². The molecule has 0 aromatic heterocycles. The van der Waals surface area contributed by atoms with E-state index in [1.165, 1.54) is 10.5 Å². The molecule has 1 aliphatic heterocycles. The SMILES string of the molecule is CC(CCc1ccccc1)NC1CC(=O)N(C(C)C)C1=O. The van der Waals surface area contributed by atoms with Crippen LogP contribution in [0.15, 0.2) is 30.3 Å². The number of imide groups is 1. The quantitative estimate of drug-likeness (QED) is 0.816. The highest BCUT2D eigenvalue weighted by Crippen LogP contribution is 2.17. The third-order valence-corrected chi connectivity index (χ3v) is 3.89. The zero-order valence-corrected chi connectivity index (χ0v) is 13.0. The van der Waals surface area contributed by atoms with Crippen LogP contribution in [0.5, 0.6) is 0 Å². The maximum atomic E-state index is 12.2. The second-order valence-corrected chi connectivity index (χ2v) is 6.04. The van der Waals surface area contributed by atoms with Crippen LogP contribution in [-0.2, 0) is 16.0 Å². The minimum atomic E-state index is -0.356. The second-order valence-electron chi connectivity index (χ2n) is 6.04. The van der Waals surface area contributed by atoms with Crippen molar-refractivity contribution in [2.75, 3.05) is 0 Å². The Hall–Kier alpha value is -1.68. The molecule has 114 valence electrons. The molecular formula is C17H24N2O2. The summed E-state index contributed by atoms with van der Waals surface area (Å²) in [4.78, 5) is 25.4. The van der Waals surface area contributed by atoms with Crippen LogP contribution in [0.3, 0.4) is 0 Å². The van der Waals surface area contributed by atoms with Gasteiger partial charge in [0.2, 0.25) is 11.8 Å². The fourth-order valence-corrected chi connectivity index (χ4v) is 2.78. The molecule has 2 amide bonds. The van der Waals surface area contributed by atoms with Crippen LogP contribution in [0.1, 0.15) is 39.2 Å². The smallest absolute Gasteiger partial charge is 0.247 e. The molecule has 0 saturated carbocycles. The van der Waals surface area contributed by atoms with Gasteiger partial charge in [0.05, 0.1) is 12.5 Å². The standard InChI is InChI=1S/C17H24N2O2/c1-12(2)19-16(20)11-15(17(19)21)18-13(3)9-10-14-7-5-4-6-8-14/h4-8,12-13,15,18H,9-11H2,1-3H3. The molecule has 1 saturated heterocycles. The molecule has 1 aromatic carbocycles. The van der Waals surface area contributed by atoms with Gasteiger partial charge in [-0.3, -0.25) is 14.5 Å². The molecule has 1 fully saturated rings. The zero-order valence-electron chi connectivity index (χ0n) is 13.0. The molecule has 4 heteroatoms. The van der Waals surface area contributed by atoms with Gasteiger partial charge in [-0.1, -0.05) is 30.3 Å². The number of nitrogens with one attached hydrogen (secondary N) is 1. The second kappa shape index (κ2) is 6.85. The van der Waals surface area contributed by atoms with Gasteiger partial charge in [0.25, 0.3) is 0 Å². The van der Waals surface area contributed by atoms with Crippen molar-refractivity contribution in [2.24, 2.45) is 0 Å². The van der Waals surface area contributed by atoms with Gasteiger partial charge in [-0.2, -0.15) is 0 Å². The summed E-state index contributed by atoms with van der Waals surface area (Å²) in [6.07, 6.45) is 2.20. The van der Waals surface area contributed by atoms with E-state index in [0.29, 0.717) is 0 Å². The highest BCUT2D eigenvalue weighted by Gasteiger charge is 2.40. The monoisotopic (exact) mass is 288 g/mol. The lowest BCUT2D eigenvalue weighted by molar-refractivity contribution is -0.140. The largest absolute Gasteiger partial charge is 0.303 e. The van der Waals surface area contributed by atoms with Gasteiger partial charge in [-0.15, -0.1) is 0 Å². The first kappa shape index (κ1) is 15.7. The van der Waals surface area contributed by atoms with Crippen molar-refractivity contribution in [3.63, 3.8) is 0 Å². The fourth-order valence-electron chi connectivity index (χ4n) is 2.78. The Balaban J connectivity index is 1.84. The Morgan fingerprint density at radius 2 is 1.86 bits per heavy atom. The summed E-state index contributed by atoms with van der Waals surface area (Å²) in [5.41, 5.74) is 1.30. The fraction of sp³-hybridized carbons (Fsp3) is 0.529. The van der Waals surface area contributed by atoms with Crippen molar-refractivity contribution in [2.45, 2.75) is 58.2 Å². The van der Waals surface area contributed by atoms with Crippen LogP contribution in [0, 0.1) is 0 Å².